The van der Waals surface area contributed by atoms with Crippen molar-refractivity contribution in [2.75, 3.05) is 19.8 Å². The molecule has 1 amide bonds. The minimum Gasteiger partial charge on any atom is -0.381 e. The van der Waals surface area contributed by atoms with Gasteiger partial charge >= 0.3 is 0 Å². The van der Waals surface area contributed by atoms with Gasteiger partial charge in [0.25, 0.3) is 0 Å². The van der Waals surface area contributed by atoms with Crippen LogP contribution in [0.3, 0.4) is 0 Å². The van der Waals surface area contributed by atoms with Crippen LogP contribution >= 0.6 is 0 Å². The van der Waals surface area contributed by atoms with Crippen LogP contribution in [0.15, 0.2) is 0 Å². The summed E-state index contributed by atoms with van der Waals surface area (Å²) in [6.07, 6.45) is 26.3. The van der Waals surface area contributed by atoms with E-state index < -0.39 is 0 Å². The van der Waals surface area contributed by atoms with Gasteiger partial charge in [-0.1, -0.05) is 369 Å². The normalized spacial score (nSPS) is 12.3. The fraction of sp³-hybridized carbons (Fsp3) is 0.922. The number of nitrogens with one attached hydrogen (secondary N) is 1. The summed E-state index contributed by atoms with van der Waals surface area (Å²) in [5, 5.41) is 2.87. The summed E-state index contributed by atoms with van der Waals surface area (Å²) in [5.41, 5.74) is -0.805. The lowest BCUT2D eigenvalue weighted by molar-refractivity contribution is -0.130. The quantitative estimate of drug-likeness (QED) is 0.0585. The molecule has 0 aliphatic heterocycles. The molecule has 0 saturated carbocycles. The molecule has 0 spiro atoms. The highest BCUT2D eigenvalue weighted by Gasteiger charge is 2.34. The van der Waals surface area contributed by atoms with Gasteiger partial charge in [0, 0.05) is 110 Å². The maximum atomic E-state index is 12.0. The van der Waals surface area contributed by atoms with Crippen molar-refractivity contribution >= 4 is 46.4 Å². The highest BCUT2D eigenvalue weighted by atomic mass is 16.5. The van der Waals surface area contributed by atoms with Crippen molar-refractivity contribution in [3.05, 3.63) is 0 Å². The highest BCUT2D eigenvalue weighted by Crippen LogP contribution is 2.34. The molecule has 0 saturated heterocycles. The van der Waals surface area contributed by atoms with Crippen molar-refractivity contribution in [3.8, 4) is 0 Å². The van der Waals surface area contributed by atoms with Crippen molar-refractivity contribution in [2.24, 2.45) is 121 Å². The zero-order valence-electron chi connectivity index (χ0n) is 84.3. The number of unbranched alkanes of at least 4 members (excludes halogenated alkanes) is 6. The minimum atomic E-state index is -0.196. The van der Waals surface area contributed by atoms with Gasteiger partial charge in [-0.3, -0.25) is 38.4 Å². The molecule has 112 heavy (non-hydrogen) atoms. The van der Waals surface area contributed by atoms with Crippen molar-refractivity contribution in [2.45, 2.75) is 472 Å². The van der Waals surface area contributed by atoms with E-state index >= 15 is 0 Å². The predicted octanol–water partition coefficient (Wildman–Crippen LogP) is 30.6. The average molecular weight is 1590 g/mol. The summed E-state index contributed by atoms with van der Waals surface area (Å²) in [4.78, 5) is 93.6. The van der Waals surface area contributed by atoms with Crippen LogP contribution in [-0.4, -0.2) is 66.1 Å². The Morgan fingerprint density at radius 3 is 0.768 bits per heavy atom. The summed E-state index contributed by atoms with van der Waals surface area (Å²) < 4.78 is 5.52. The molecular weight excluding hydrogens is 1380 g/mol. The molecule has 0 radical (unpaired) electrons. The molecule has 0 atom stereocenters. The number of Topliss-reactive ketones (excluding diaryl/α,β-unsaturated/α-hetero) is 7. The number of hydrogen-bond acceptors (Lipinski definition) is 9. The van der Waals surface area contributed by atoms with Gasteiger partial charge in [0.1, 0.15) is 40.5 Å². The standard InChI is InChI=1S/C16H32O.C15H30O2.C15H30O.C14H28O.C13H26O.2C10H20O.C9H19NO/c1-13(2)11-9-7-8-10-12-15(17)16(5,6)14(3)4;1-12(2)9-11-17-10-7-8-14(16)15(5,6)13(3)4;1-12(2)10-8-7-9-11-14(16)15(5,6)13(3)4;1-11(2)9-7-8-10-13(15)14(5,6)12(3)4;1-10(2)8-7-9-12(14)13(5,6)11(3)4;1-9(2,3)7-8(11)10(4,5)6;1-8(2)5-6-10(11)7-9(3)4;1-7(2)5-9(11)10-6-8(3)4/h13-14H,7-12H2,1-6H3;12-13H,7-11H2,1-6H3;12-13H,7-11H2,1-6H3;11-12H,7-10H2,1-6H3;10-11H,7-9H2,1-6H3;7H2,1-6H3;8-9H,5-7H2,1-4H3;7-8H,5-6H2,1-4H3,(H,10,11). The SMILES string of the molecule is CC(C)(C)CC(=O)C(C)(C)C.CC(C)CCC(=O)CC(C)C.CC(C)CCCC(=O)C(C)(C)C(C)C.CC(C)CCCCC(=O)C(C)(C)C(C)C.CC(C)CCCCCC(=O)C(C)(C)C(C)C.CC(C)CCCCCCC(=O)C(C)(C)C(C)C.CC(C)CCOCCCC(=O)C(C)(C)C(C)C.CC(C)CNC(=O)CC(C)C. The molecule has 0 fully saturated rings. The molecule has 0 unspecified atom stereocenters. The van der Waals surface area contributed by atoms with Gasteiger partial charge in [0.15, 0.2) is 0 Å². The molecule has 0 heterocycles. The topological polar surface area (TPSA) is 158 Å². The molecule has 0 aromatic carbocycles. The van der Waals surface area contributed by atoms with E-state index in [1.165, 1.54) is 64.2 Å². The minimum absolute atomic E-state index is 0.129. The van der Waals surface area contributed by atoms with Gasteiger partial charge in [-0.05, 0) is 133 Å². The Balaban J connectivity index is -0.000000185. The second kappa shape index (κ2) is 67.0. The summed E-state index contributed by atoms with van der Waals surface area (Å²) in [6, 6.07) is 0. The Kier molecular flexibility index (Phi) is 74.6. The second-order valence-corrected chi connectivity index (χ2v) is 43.9. The van der Waals surface area contributed by atoms with E-state index in [9.17, 15) is 38.4 Å². The van der Waals surface area contributed by atoms with Crippen molar-refractivity contribution in [1.82, 2.24) is 5.32 Å². The van der Waals surface area contributed by atoms with Crippen LogP contribution in [0.5, 0.6) is 0 Å². The van der Waals surface area contributed by atoms with Crippen molar-refractivity contribution in [3.63, 3.8) is 0 Å². The lowest BCUT2D eigenvalue weighted by atomic mass is 9.76. The molecule has 0 aliphatic rings. The predicted molar refractivity (Wildman–Crippen MR) is 494 cm³/mol. The molecule has 0 aromatic heterocycles. The fourth-order valence-electron chi connectivity index (χ4n) is 10.2. The molecular formula is C102H205NO9. The lowest BCUT2D eigenvalue weighted by Crippen LogP contribution is -2.30. The first-order valence-electron chi connectivity index (χ1n) is 46.1. The summed E-state index contributed by atoms with van der Waals surface area (Å²) in [5.74, 6) is 11.2. The van der Waals surface area contributed by atoms with Crippen LogP contribution in [0.2, 0.25) is 0 Å². The molecule has 0 aliphatic carbocycles. The summed E-state index contributed by atoms with van der Waals surface area (Å²) in [6.45, 7) is 95.6. The number of hydrogen-bond donors (Lipinski definition) is 1. The Hall–Kier alpha value is -2.88. The van der Waals surface area contributed by atoms with E-state index in [0.717, 1.165) is 114 Å². The smallest absolute Gasteiger partial charge is 0.220 e. The van der Waals surface area contributed by atoms with E-state index in [1.54, 1.807) is 0 Å². The largest absolute Gasteiger partial charge is 0.381 e. The molecule has 672 valence electrons. The molecule has 0 rings (SSSR count). The van der Waals surface area contributed by atoms with E-state index in [0.29, 0.717) is 131 Å². The van der Waals surface area contributed by atoms with Gasteiger partial charge in [-0.15, -0.1) is 0 Å². The lowest BCUT2D eigenvalue weighted by Gasteiger charge is -2.27. The van der Waals surface area contributed by atoms with Crippen LogP contribution < -0.4 is 5.32 Å². The fourth-order valence-corrected chi connectivity index (χ4v) is 10.2. The zero-order chi connectivity index (χ0) is 90.1. The van der Waals surface area contributed by atoms with Crippen LogP contribution in [0.25, 0.3) is 0 Å². The number of ketones is 7. The molecule has 1 N–H and O–H groups in total. The summed E-state index contributed by atoms with van der Waals surface area (Å²) in [7, 11) is 0. The first-order chi connectivity index (χ1) is 50.6. The van der Waals surface area contributed by atoms with Gasteiger partial charge in [0.2, 0.25) is 5.91 Å². The van der Waals surface area contributed by atoms with Crippen molar-refractivity contribution < 1.29 is 43.1 Å². The van der Waals surface area contributed by atoms with Crippen molar-refractivity contribution in [1.29, 1.82) is 0 Å². The van der Waals surface area contributed by atoms with E-state index in [4.69, 9.17) is 4.74 Å². The third kappa shape index (κ3) is 77.1. The Labute approximate surface area is 703 Å². The monoisotopic (exact) mass is 1590 g/mol. The van der Waals surface area contributed by atoms with E-state index in [-0.39, 0.29) is 43.8 Å². The number of carbonyl (C=O) groups excluding carboxylic acids is 8. The first-order valence-corrected chi connectivity index (χ1v) is 46.1. The second-order valence-electron chi connectivity index (χ2n) is 43.9. The Morgan fingerprint density at radius 1 is 0.250 bits per heavy atom. The number of amides is 1. The Morgan fingerprint density at radius 2 is 0.509 bits per heavy atom. The Bertz CT molecular complexity index is 2270. The van der Waals surface area contributed by atoms with Gasteiger partial charge in [0.05, 0.1) is 0 Å². The van der Waals surface area contributed by atoms with Crippen LogP contribution in [0.4, 0.5) is 0 Å². The van der Waals surface area contributed by atoms with Crippen LogP contribution in [0.1, 0.15) is 472 Å². The number of rotatable bonds is 49. The number of carbonyl (C=O) groups is 8. The van der Waals surface area contributed by atoms with E-state index in [2.05, 4.69) is 275 Å². The number of ether oxygens (including phenoxy) is 1. The molecule has 0 bridgehead atoms. The third-order valence-electron chi connectivity index (χ3n) is 23.0. The van der Waals surface area contributed by atoms with Crippen LogP contribution in [-0.2, 0) is 43.1 Å². The van der Waals surface area contributed by atoms with Gasteiger partial charge in [-0.25, -0.2) is 0 Å². The highest BCUT2D eigenvalue weighted by molar-refractivity contribution is 5.86. The van der Waals surface area contributed by atoms with Gasteiger partial charge in [-0.2, -0.15) is 0 Å². The third-order valence-corrected chi connectivity index (χ3v) is 23.0. The molecule has 10 heteroatoms. The van der Waals surface area contributed by atoms with Crippen LogP contribution in [0, 0.1) is 121 Å². The molecule has 10 nitrogen and oxygen atoms in total. The molecule has 0 aromatic rings. The summed E-state index contributed by atoms with van der Waals surface area (Å²) >= 11 is 0. The maximum Gasteiger partial charge on any atom is 0.220 e. The van der Waals surface area contributed by atoms with Gasteiger partial charge < -0.3 is 10.1 Å². The average Bonchev–Trinajstić information content (AvgIpc) is 0.854. The maximum absolute atomic E-state index is 12.0. The first kappa shape index (κ1) is 125. The van der Waals surface area contributed by atoms with E-state index in [1.807, 2.05) is 34.6 Å². The zero-order valence-corrected chi connectivity index (χ0v) is 84.3.